The maximum atomic E-state index is 14.2. The number of nitro groups is 1. The summed E-state index contributed by atoms with van der Waals surface area (Å²) in [5.41, 5.74) is 1.71. The number of likely N-dealkylation sites (N-methyl/N-ethyl adjacent to an activating group) is 1. The molecule has 2 amide bonds. The summed E-state index contributed by atoms with van der Waals surface area (Å²) in [6, 6.07) is 8.60. The zero-order chi connectivity index (χ0) is 38.1. The van der Waals surface area contributed by atoms with Gasteiger partial charge in [-0.15, -0.1) is 0 Å². The number of carbonyl (C=O) groups is 2. The second-order valence-corrected chi connectivity index (χ2v) is 16.0. The third-order valence-corrected chi connectivity index (χ3v) is 11.9. The zero-order valence-corrected chi connectivity index (χ0v) is 31.8. The van der Waals surface area contributed by atoms with Crippen LogP contribution < -0.4 is 15.4 Å². The highest BCUT2D eigenvalue weighted by Gasteiger charge is 2.57. The van der Waals surface area contributed by atoms with E-state index in [2.05, 4.69) is 31.4 Å². The maximum Gasteiger partial charge on any atom is 0.270 e. The largest absolute Gasteiger partial charge is 0.496 e. The van der Waals surface area contributed by atoms with E-state index in [0.717, 1.165) is 19.3 Å². The standard InChI is InChI=1S/C39H57N5O8/c1-9-11-28(20-42(6)7)40-37(47)26-14-25(15-29(16-26)44(49)50)30-13-10-12-24(36(30)51-8)19-43-35(34(23(3)46)33(21-45)52-43)38(48)41-32-18-27-17-31(22(32)2)39(27,4)5/h10,12-16,22-23,27-28,31-35,45-46H,9,11,17-21H2,1-8H3,(H,40,47)(H,41,48)/t22-,23-,27+,28-,31-,32-,33-,34+,35-/m0/s1. The molecule has 52 heavy (non-hydrogen) atoms. The number of amides is 2. The van der Waals surface area contributed by atoms with Gasteiger partial charge in [0.25, 0.3) is 11.6 Å². The van der Waals surface area contributed by atoms with Crippen molar-refractivity contribution in [3.63, 3.8) is 0 Å². The summed E-state index contributed by atoms with van der Waals surface area (Å²) < 4.78 is 5.92. The number of carbonyl (C=O) groups excluding carboxylic acids is 2. The molecule has 1 aliphatic heterocycles. The monoisotopic (exact) mass is 723 g/mol. The molecule has 13 nitrogen and oxygen atoms in total. The van der Waals surface area contributed by atoms with Crippen molar-refractivity contribution in [3.05, 3.63) is 57.6 Å². The van der Waals surface area contributed by atoms with Crippen LogP contribution in [0.25, 0.3) is 11.1 Å². The molecule has 286 valence electrons. The summed E-state index contributed by atoms with van der Waals surface area (Å²) in [5, 5.41) is 41.1. The lowest BCUT2D eigenvalue weighted by Gasteiger charge is -2.62. The fourth-order valence-corrected chi connectivity index (χ4v) is 9.10. The van der Waals surface area contributed by atoms with Gasteiger partial charge in [-0.25, -0.2) is 0 Å². The minimum Gasteiger partial charge on any atom is -0.496 e. The van der Waals surface area contributed by atoms with Crippen LogP contribution in [-0.4, -0.2) is 102 Å². The third-order valence-electron chi connectivity index (χ3n) is 11.9. The van der Waals surface area contributed by atoms with Crippen molar-refractivity contribution < 1.29 is 34.3 Å². The molecule has 0 radical (unpaired) electrons. The number of hydrogen-bond acceptors (Lipinski definition) is 10. The minimum atomic E-state index is -0.952. The van der Waals surface area contributed by atoms with Crippen molar-refractivity contribution in [2.24, 2.45) is 29.1 Å². The van der Waals surface area contributed by atoms with Gasteiger partial charge in [-0.05, 0) is 75.1 Å². The van der Waals surface area contributed by atoms with Crippen LogP contribution in [0.2, 0.25) is 0 Å². The van der Waals surface area contributed by atoms with Crippen LogP contribution in [0, 0.1) is 39.2 Å². The number of nitrogens with one attached hydrogen (secondary N) is 2. The summed E-state index contributed by atoms with van der Waals surface area (Å²) in [5.74, 6) is 0.362. The maximum absolute atomic E-state index is 14.2. The van der Waals surface area contributed by atoms with Gasteiger partial charge >= 0.3 is 0 Å². The molecule has 1 heterocycles. The van der Waals surface area contributed by atoms with Gasteiger partial charge in [0.1, 0.15) is 17.9 Å². The number of fused-ring (bicyclic) bond motifs is 2. The summed E-state index contributed by atoms with van der Waals surface area (Å²) in [6.45, 7) is 10.7. The molecule has 1 saturated heterocycles. The van der Waals surface area contributed by atoms with Crippen LogP contribution in [-0.2, 0) is 16.2 Å². The molecule has 2 bridgehead atoms. The SMILES string of the molecule is CCC[C@@H](CN(C)C)NC(=O)c1cc(-c2cccc(CN3O[C@@H](CO)[C@@H]([C@H](C)O)[C@H]3C(=O)N[C@H]3C[C@H]4C[C@@H]([C@@H]3C)C4(C)C)c2OC)cc([N+](=O)[O-])c1. The van der Waals surface area contributed by atoms with E-state index in [-0.39, 0.29) is 41.2 Å². The lowest BCUT2D eigenvalue weighted by molar-refractivity contribution is -0.384. The molecule has 3 saturated carbocycles. The Labute approximate surface area is 307 Å². The third kappa shape index (κ3) is 7.98. The first-order valence-electron chi connectivity index (χ1n) is 18.5. The molecule has 9 atom stereocenters. The molecule has 2 aromatic rings. The van der Waals surface area contributed by atoms with Gasteiger partial charge < -0.3 is 30.5 Å². The van der Waals surface area contributed by atoms with E-state index in [1.165, 1.54) is 30.7 Å². The molecule has 4 fully saturated rings. The number of benzene rings is 2. The van der Waals surface area contributed by atoms with Gasteiger partial charge in [0.05, 0.1) is 31.3 Å². The second kappa shape index (κ2) is 16.2. The average molecular weight is 724 g/mol. The first-order valence-corrected chi connectivity index (χ1v) is 18.5. The predicted molar refractivity (Wildman–Crippen MR) is 197 cm³/mol. The summed E-state index contributed by atoms with van der Waals surface area (Å²) in [7, 11) is 5.34. The van der Waals surface area contributed by atoms with Gasteiger partial charge in [-0.1, -0.05) is 52.3 Å². The van der Waals surface area contributed by atoms with Crippen LogP contribution in [0.15, 0.2) is 36.4 Å². The van der Waals surface area contributed by atoms with Gasteiger partial charge in [0, 0.05) is 53.4 Å². The molecule has 4 N–H and O–H groups in total. The van der Waals surface area contributed by atoms with E-state index in [0.29, 0.717) is 46.7 Å². The number of hydroxylamine groups is 2. The number of aliphatic hydroxyl groups excluding tert-OH is 2. The van der Waals surface area contributed by atoms with Crippen LogP contribution in [0.4, 0.5) is 5.69 Å². The van der Waals surface area contributed by atoms with Gasteiger partial charge in [-0.2, -0.15) is 5.06 Å². The number of methoxy groups -OCH3 is 1. The Morgan fingerprint density at radius 1 is 1.21 bits per heavy atom. The minimum absolute atomic E-state index is 0.00721. The number of nitro benzene ring substituents is 1. The quantitative estimate of drug-likeness (QED) is 0.153. The molecule has 3 aliphatic carbocycles. The molecule has 0 unspecified atom stereocenters. The average Bonchev–Trinajstić information content (AvgIpc) is 3.47. The normalized spacial score (nSPS) is 27.8. The molecular formula is C39H57N5O8. The van der Waals surface area contributed by atoms with E-state index >= 15 is 0 Å². The number of hydrogen-bond donors (Lipinski definition) is 4. The molecule has 0 aromatic heterocycles. The number of rotatable bonds is 15. The predicted octanol–water partition coefficient (Wildman–Crippen LogP) is 4.39. The van der Waals surface area contributed by atoms with Crippen molar-refractivity contribution in [1.82, 2.24) is 20.6 Å². The van der Waals surface area contributed by atoms with E-state index in [9.17, 15) is 29.9 Å². The van der Waals surface area contributed by atoms with Crippen LogP contribution in [0.5, 0.6) is 5.75 Å². The highest BCUT2D eigenvalue weighted by atomic mass is 16.7. The molecule has 4 aliphatic rings. The van der Waals surface area contributed by atoms with E-state index in [1.54, 1.807) is 25.1 Å². The van der Waals surface area contributed by atoms with E-state index in [4.69, 9.17) is 9.57 Å². The van der Waals surface area contributed by atoms with Gasteiger partial charge in [0.15, 0.2) is 0 Å². The van der Waals surface area contributed by atoms with Gasteiger partial charge in [0.2, 0.25) is 5.91 Å². The fraction of sp³-hybridized carbons (Fsp3) is 0.641. The summed E-state index contributed by atoms with van der Waals surface area (Å²) in [6.07, 6.45) is 1.91. The zero-order valence-electron chi connectivity index (χ0n) is 31.8. The number of non-ortho nitro benzene ring substituents is 1. The van der Waals surface area contributed by atoms with Crippen LogP contribution in [0.3, 0.4) is 0 Å². The number of nitrogens with zero attached hydrogens (tertiary/aromatic N) is 3. The van der Waals surface area contributed by atoms with Crippen molar-refractivity contribution in [1.29, 1.82) is 0 Å². The van der Waals surface area contributed by atoms with E-state index in [1.807, 2.05) is 32.0 Å². The first-order chi connectivity index (χ1) is 24.6. The molecule has 6 rings (SSSR count). The number of para-hydroxylation sites is 1. The van der Waals surface area contributed by atoms with Crippen LogP contribution >= 0.6 is 0 Å². The van der Waals surface area contributed by atoms with Crippen molar-refractivity contribution in [2.75, 3.05) is 34.4 Å². The Hall–Kier alpha value is -3.62. The Balaban J connectivity index is 1.45. The lowest BCUT2D eigenvalue weighted by atomic mass is 9.45. The Morgan fingerprint density at radius 2 is 1.94 bits per heavy atom. The smallest absolute Gasteiger partial charge is 0.270 e. The molecular weight excluding hydrogens is 666 g/mol. The Kier molecular flexibility index (Phi) is 12.3. The second-order valence-electron chi connectivity index (χ2n) is 16.0. The molecule has 2 aromatic carbocycles. The summed E-state index contributed by atoms with van der Waals surface area (Å²) in [4.78, 5) is 47.4. The Morgan fingerprint density at radius 3 is 2.52 bits per heavy atom. The number of ether oxygens (including phenoxy) is 1. The van der Waals surface area contributed by atoms with Crippen molar-refractivity contribution >= 4 is 17.5 Å². The van der Waals surface area contributed by atoms with E-state index < -0.39 is 41.6 Å². The first kappa shape index (κ1) is 39.6. The Bertz CT molecular complexity index is 1610. The highest BCUT2D eigenvalue weighted by molar-refractivity contribution is 5.97. The van der Waals surface area contributed by atoms with Crippen LogP contribution in [0.1, 0.15) is 76.2 Å². The summed E-state index contributed by atoms with van der Waals surface area (Å²) >= 11 is 0. The topological polar surface area (TPSA) is 167 Å². The molecule has 13 heteroatoms. The number of aliphatic hydroxyl groups is 2. The molecule has 0 spiro atoms. The fourth-order valence-electron chi connectivity index (χ4n) is 9.10. The highest BCUT2D eigenvalue weighted by Crippen LogP contribution is 2.61. The van der Waals surface area contributed by atoms with Gasteiger partial charge in [-0.3, -0.25) is 24.5 Å². The lowest BCUT2D eigenvalue weighted by Crippen LogP contribution is -2.62. The van der Waals surface area contributed by atoms with Crippen molar-refractivity contribution in [2.45, 2.75) is 97.2 Å². The van der Waals surface area contributed by atoms with Crippen molar-refractivity contribution in [3.8, 4) is 16.9 Å².